The highest BCUT2D eigenvalue weighted by Gasteiger charge is 2.22. The zero-order chi connectivity index (χ0) is 19.6. The molecule has 0 unspecified atom stereocenters. The van der Waals surface area contributed by atoms with E-state index in [0.717, 1.165) is 17.0 Å². The predicted molar refractivity (Wildman–Crippen MR) is 108 cm³/mol. The smallest absolute Gasteiger partial charge is 0.259 e. The molecule has 0 saturated heterocycles. The minimum Gasteiger partial charge on any atom is -0.455 e. The van der Waals surface area contributed by atoms with Gasteiger partial charge in [0.1, 0.15) is 5.75 Å². The molecular weight excluding hydrogens is 338 g/mol. The van der Waals surface area contributed by atoms with Gasteiger partial charge in [0.2, 0.25) is 0 Å². The van der Waals surface area contributed by atoms with E-state index >= 15 is 0 Å². The van der Waals surface area contributed by atoms with Gasteiger partial charge in [-0.15, -0.1) is 0 Å². The van der Waals surface area contributed by atoms with Crippen molar-refractivity contribution in [2.75, 3.05) is 5.32 Å². The first-order chi connectivity index (χ1) is 12.8. The molecule has 1 heterocycles. The van der Waals surface area contributed by atoms with Crippen LogP contribution in [0.3, 0.4) is 0 Å². The summed E-state index contributed by atoms with van der Waals surface area (Å²) in [5, 5.41) is 7.32. The summed E-state index contributed by atoms with van der Waals surface area (Å²) in [5.41, 5.74) is 2.92. The minimum atomic E-state index is -0.205. The Morgan fingerprint density at radius 1 is 1.07 bits per heavy atom. The van der Waals surface area contributed by atoms with E-state index in [-0.39, 0.29) is 11.4 Å². The van der Waals surface area contributed by atoms with Crippen molar-refractivity contribution >= 4 is 11.6 Å². The summed E-state index contributed by atoms with van der Waals surface area (Å²) in [6.45, 7) is 10.1. The van der Waals surface area contributed by atoms with Crippen molar-refractivity contribution in [3.8, 4) is 11.5 Å². The average Bonchev–Trinajstić information content (AvgIpc) is 2.98. The third kappa shape index (κ3) is 4.19. The molecule has 3 rings (SSSR count). The van der Waals surface area contributed by atoms with Gasteiger partial charge in [0.05, 0.1) is 23.0 Å². The zero-order valence-corrected chi connectivity index (χ0v) is 16.4. The van der Waals surface area contributed by atoms with Gasteiger partial charge < -0.3 is 10.1 Å². The maximum atomic E-state index is 12.8. The van der Waals surface area contributed by atoms with Crippen LogP contribution < -0.4 is 10.1 Å². The van der Waals surface area contributed by atoms with Crippen molar-refractivity contribution < 1.29 is 9.53 Å². The molecule has 0 atom stereocenters. The van der Waals surface area contributed by atoms with Crippen LogP contribution in [-0.2, 0) is 5.54 Å². The number of nitrogens with one attached hydrogen (secondary N) is 1. The normalized spacial score (nSPS) is 11.3. The first-order valence-electron chi connectivity index (χ1n) is 8.96. The molecule has 1 aromatic heterocycles. The molecular formula is C22H25N3O2. The van der Waals surface area contributed by atoms with Crippen molar-refractivity contribution in [2.45, 2.75) is 40.2 Å². The van der Waals surface area contributed by atoms with Gasteiger partial charge in [-0.2, -0.15) is 5.10 Å². The molecule has 5 heteroatoms. The molecule has 1 N–H and O–H groups in total. The Bertz CT molecular complexity index is 968. The molecule has 2 aromatic carbocycles. The number of amides is 1. The molecule has 0 aliphatic heterocycles. The van der Waals surface area contributed by atoms with Gasteiger partial charge in [-0.1, -0.05) is 24.3 Å². The molecule has 1 amide bonds. The maximum Gasteiger partial charge on any atom is 0.259 e. The van der Waals surface area contributed by atoms with E-state index in [1.807, 2.05) is 67.1 Å². The Labute approximate surface area is 160 Å². The Hall–Kier alpha value is -3.08. The van der Waals surface area contributed by atoms with Crippen molar-refractivity contribution in [2.24, 2.45) is 0 Å². The van der Waals surface area contributed by atoms with E-state index in [1.165, 1.54) is 0 Å². The summed E-state index contributed by atoms with van der Waals surface area (Å²) in [6.07, 6.45) is 1.61. The van der Waals surface area contributed by atoms with Crippen LogP contribution in [0.5, 0.6) is 11.5 Å². The second-order valence-electron chi connectivity index (χ2n) is 7.60. The number of carbonyl (C=O) groups excluding carboxylic acids is 1. The number of benzene rings is 2. The average molecular weight is 363 g/mol. The fourth-order valence-corrected chi connectivity index (χ4v) is 2.96. The van der Waals surface area contributed by atoms with Crippen LogP contribution in [0.4, 0.5) is 5.69 Å². The Balaban J connectivity index is 1.84. The topological polar surface area (TPSA) is 56.1 Å². The highest BCUT2D eigenvalue weighted by molar-refractivity contribution is 6.05. The van der Waals surface area contributed by atoms with Gasteiger partial charge in [0.25, 0.3) is 5.91 Å². The van der Waals surface area contributed by atoms with Crippen LogP contribution in [0.1, 0.15) is 42.4 Å². The predicted octanol–water partition coefficient (Wildman–Crippen LogP) is 5.30. The van der Waals surface area contributed by atoms with Gasteiger partial charge in [0, 0.05) is 5.69 Å². The Morgan fingerprint density at radius 2 is 1.81 bits per heavy atom. The van der Waals surface area contributed by atoms with E-state index in [9.17, 15) is 4.79 Å². The quantitative estimate of drug-likeness (QED) is 0.684. The minimum absolute atomic E-state index is 0.186. The van der Waals surface area contributed by atoms with Crippen molar-refractivity contribution in [1.29, 1.82) is 0 Å². The lowest BCUT2D eigenvalue weighted by Crippen LogP contribution is -2.25. The Morgan fingerprint density at radius 3 is 2.48 bits per heavy atom. The van der Waals surface area contributed by atoms with Gasteiger partial charge in [0.15, 0.2) is 5.75 Å². The lowest BCUT2D eigenvalue weighted by molar-refractivity contribution is 0.102. The number of carbonyl (C=O) groups is 1. The number of para-hydroxylation sites is 2. The highest BCUT2D eigenvalue weighted by atomic mass is 16.5. The summed E-state index contributed by atoms with van der Waals surface area (Å²) in [4.78, 5) is 12.8. The molecule has 0 bridgehead atoms. The van der Waals surface area contributed by atoms with Crippen LogP contribution >= 0.6 is 0 Å². The number of hydrogen-bond donors (Lipinski definition) is 1. The first-order valence-corrected chi connectivity index (χ1v) is 8.96. The van der Waals surface area contributed by atoms with Crippen LogP contribution in [-0.4, -0.2) is 15.7 Å². The third-order valence-electron chi connectivity index (χ3n) is 4.24. The monoisotopic (exact) mass is 363 g/mol. The number of hydrogen-bond acceptors (Lipinski definition) is 3. The van der Waals surface area contributed by atoms with Gasteiger partial charge in [-0.05, 0) is 64.4 Å². The highest BCUT2D eigenvalue weighted by Crippen LogP contribution is 2.30. The number of nitrogens with zero attached hydrogens (tertiary/aromatic N) is 2. The van der Waals surface area contributed by atoms with Gasteiger partial charge in [-0.3, -0.25) is 9.48 Å². The SMILES string of the molecule is Cc1cccc(Oc2ccccc2NC(=O)c2cnn(C(C)(C)C)c2C)c1. The van der Waals surface area contributed by atoms with E-state index in [2.05, 4.69) is 31.2 Å². The fraction of sp³-hybridized carbons (Fsp3) is 0.273. The van der Waals surface area contributed by atoms with E-state index in [1.54, 1.807) is 6.20 Å². The van der Waals surface area contributed by atoms with E-state index in [0.29, 0.717) is 17.0 Å². The van der Waals surface area contributed by atoms with Gasteiger partial charge in [-0.25, -0.2) is 0 Å². The lowest BCUT2D eigenvalue weighted by atomic mass is 10.1. The van der Waals surface area contributed by atoms with Crippen LogP contribution in [0.25, 0.3) is 0 Å². The van der Waals surface area contributed by atoms with Crippen molar-refractivity contribution in [1.82, 2.24) is 9.78 Å². The summed E-state index contributed by atoms with van der Waals surface area (Å²) in [5.74, 6) is 1.12. The number of rotatable bonds is 4. The largest absolute Gasteiger partial charge is 0.455 e. The lowest BCUT2D eigenvalue weighted by Gasteiger charge is -2.21. The van der Waals surface area contributed by atoms with E-state index < -0.39 is 0 Å². The maximum absolute atomic E-state index is 12.8. The molecule has 27 heavy (non-hydrogen) atoms. The summed E-state index contributed by atoms with van der Waals surface area (Å²) in [6, 6.07) is 15.2. The second kappa shape index (κ2) is 7.27. The molecule has 0 spiro atoms. The summed E-state index contributed by atoms with van der Waals surface area (Å²) < 4.78 is 7.84. The van der Waals surface area contributed by atoms with Gasteiger partial charge >= 0.3 is 0 Å². The zero-order valence-electron chi connectivity index (χ0n) is 16.4. The molecule has 3 aromatic rings. The van der Waals surface area contributed by atoms with Crippen LogP contribution in [0, 0.1) is 13.8 Å². The molecule has 0 fully saturated rings. The molecule has 140 valence electrons. The number of ether oxygens (including phenoxy) is 1. The molecule has 0 radical (unpaired) electrons. The molecule has 0 saturated carbocycles. The Kier molecular flexibility index (Phi) is 5.04. The fourth-order valence-electron chi connectivity index (χ4n) is 2.96. The molecule has 0 aliphatic rings. The second-order valence-corrected chi connectivity index (χ2v) is 7.60. The number of aryl methyl sites for hydroxylation is 1. The van der Waals surface area contributed by atoms with E-state index in [4.69, 9.17) is 4.74 Å². The molecule has 0 aliphatic carbocycles. The number of anilines is 1. The number of aromatic nitrogens is 2. The van der Waals surface area contributed by atoms with Crippen molar-refractivity contribution in [3.05, 3.63) is 71.5 Å². The third-order valence-corrected chi connectivity index (χ3v) is 4.24. The molecule has 5 nitrogen and oxygen atoms in total. The van der Waals surface area contributed by atoms with Crippen molar-refractivity contribution in [3.63, 3.8) is 0 Å². The summed E-state index contributed by atoms with van der Waals surface area (Å²) in [7, 11) is 0. The first kappa shape index (κ1) is 18.7. The van der Waals surface area contributed by atoms with Crippen LogP contribution in [0.15, 0.2) is 54.7 Å². The van der Waals surface area contributed by atoms with Crippen LogP contribution in [0.2, 0.25) is 0 Å². The summed E-state index contributed by atoms with van der Waals surface area (Å²) >= 11 is 0. The standard InChI is InChI=1S/C22H25N3O2/c1-15-9-8-10-17(13-15)27-20-12-7-6-11-19(20)24-21(26)18-14-23-25(16(18)2)22(3,4)5/h6-14H,1-5H3,(H,24,26).